The highest BCUT2D eigenvalue weighted by Crippen LogP contribution is 2.21. The minimum Gasteiger partial charge on any atom is -0.376 e. The number of benzene rings is 1. The Hall–Kier alpha value is -1.54. The standard InChI is InChI=1S/C13H16BrN3O/c1-2-10-8-11(14)4-5-12(10)17-9-13(18)16-7-3-6-15/h4-5,8,17H,2-3,7,9H2,1H3,(H,16,18). The van der Waals surface area contributed by atoms with Crippen LogP contribution in [0, 0.1) is 11.3 Å². The van der Waals surface area contributed by atoms with Gasteiger partial charge in [0.25, 0.3) is 0 Å². The first-order valence-electron chi connectivity index (χ1n) is 5.83. The van der Waals surface area contributed by atoms with E-state index >= 15 is 0 Å². The van der Waals surface area contributed by atoms with Crippen molar-refractivity contribution < 1.29 is 4.79 Å². The van der Waals surface area contributed by atoms with E-state index in [9.17, 15) is 4.79 Å². The van der Waals surface area contributed by atoms with Gasteiger partial charge < -0.3 is 10.6 Å². The Kier molecular flexibility index (Phi) is 6.23. The van der Waals surface area contributed by atoms with Crippen LogP contribution in [0.4, 0.5) is 5.69 Å². The molecular formula is C13H16BrN3O. The lowest BCUT2D eigenvalue weighted by Gasteiger charge is -2.11. The van der Waals surface area contributed by atoms with Gasteiger partial charge in [0.15, 0.2) is 0 Å². The van der Waals surface area contributed by atoms with Crippen LogP contribution < -0.4 is 10.6 Å². The lowest BCUT2D eigenvalue weighted by Crippen LogP contribution is -2.30. The van der Waals surface area contributed by atoms with Crippen molar-refractivity contribution in [2.45, 2.75) is 19.8 Å². The first-order chi connectivity index (χ1) is 8.67. The normalized spacial score (nSPS) is 9.61. The second kappa shape index (κ2) is 7.72. The first kappa shape index (κ1) is 14.5. The molecule has 1 aromatic rings. The molecule has 0 heterocycles. The Balaban J connectivity index is 2.48. The largest absolute Gasteiger partial charge is 0.376 e. The summed E-state index contributed by atoms with van der Waals surface area (Å²) in [7, 11) is 0. The van der Waals surface area contributed by atoms with Gasteiger partial charge in [0.1, 0.15) is 0 Å². The quantitative estimate of drug-likeness (QED) is 0.793. The molecule has 18 heavy (non-hydrogen) atoms. The lowest BCUT2D eigenvalue weighted by molar-refractivity contribution is -0.119. The molecule has 0 saturated heterocycles. The van der Waals surface area contributed by atoms with E-state index in [0.29, 0.717) is 13.0 Å². The average molecular weight is 310 g/mol. The van der Waals surface area contributed by atoms with Gasteiger partial charge in [0.2, 0.25) is 5.91 Å². The second-order valence-electron chi connectivity index (χ2n) is 3.77. The smallest absolute Gasteiger partial charge is 0.239 e. The van der Waals surface area contributed by atoms with Crippen LogP contribution in [0.25, 0.3) is 0 Å². The van der Waals surface area contributed by atoms with Crippen molar-refractivity contribution in [1.82, 2.24) is 5.32 Å². The Bertz CT molecular complexity index is 454. The number of amides is 1. The molecular weight excluding hydrogens is 294 g/mol. The Morgan fingerprint density at radius 2 is 2.28 bits per heavy atom. The van der Waals surface area contributed by atoms with Crippen LogP contribution in [0.1, 0.15) is 18.9 Å². The number of anilines is 1. The predicted molar refractivity (Wildman–Crippen MR) is 75.2 cm³/mol. The van der Waals surface area contributed by atoms with Crippen LogP contribution in [-0.2, 0) is 11.2 Å². The predicted octanol–water partition coefficient (Wildman–Crippen LogP) is 2.45. The number of halogens is 1. The molecule has 0 atom stereocenters. The number of aryl methyl sites for hydroxylation is 1. The van der Waals surface area contributed by atoms with Crippen molar-refractivity contribution in [3.8, 4) is 6.07 Å². The summed E-state index contributed by atoms with van der Waals surface area (Å²) < 4.78 is 1.03. The number of nitrogens with one attached hydrogen (secondary N) is 2. The summed E-state index contributed by atoms with van der Waals surface area (Å²) in [5.74, 6) is -0.102. The van der Waals surface area contributed by atoms with E-state index in [2.05, 4.69) is 33.5 Å². The van der Waals surface area contributed by atoms with Crippen LogP contribution in [0.5, 0.6) is 0 Å². The summed E-state index contributed by atoms with van der Waals surface area (Å²) in [6.45, 7) is 2.69. The monoisotopic (exact) mass is 309 g/mol. The number of carbonyl (C=O) groups excluding carboxylic acids is 1. The van der Waals surface area contributed by atoms with Gasteiger partial charge in [-0.1, -0.05) is 22.9 Å². The molecule has 0 unspecified atom stereocenters. The van der Waals surface area contributed by atoms with Crippen molar-refractivity contribution in [3.05, 3.63) is 28.2 Å². The van der Waals surface area contributed by atoms with Gasteiger partial charge in [-0.2, -0.15) is 5.26 Å². The summed E-state index contributed by atoms with van der Waals surface area (Å²) in [6.07, 6.45) is 1.24. The molecule has 0 aliphatic rings. The molecule has 0 spiro atoms. The zero-order chi connectivity index (χ0) is 13.4. The van der Waals surface area contributed by atoms with Crippen molar-refractivity contribution in [2.24, 2.45) is 0 Å². The van der Waals surface area contributed by atoms with Crippen LogP contribution in [-0.4, -0.2) is 19.0 Å². The van der Waals surface area contributed by atoms with E-state index in [0.717, 1.165) is 22.1 Å². The van der Waals surface area contributed by atoms with E-state index < -0.39 is 0 Å². The highest BCUT2D eigenvalue weighted by molar-refractivity contribution is 9.10. The number of rotatable bonds is 6. The third-order valence-electron chi connectivity index (χ3n) is 2.45. The highest BCUT2D eigenvalue weighted by Gasteiger charge is 2.04. The van der Waals surface area contributed by atoms with E-state index in [4.69, 9.17) is 5.26 Å². The molecule has 1 aromatic carbocycles. The molecule has 2 N–H and O–H groups in total. The van der Waals surface area contributed by atoms with Crippen LogP contribution >= 0.6 is 15.9 Å². The molecule has 5 heteroatoms. The third kappa shape index (κ3) is 4.76. The number of hydrogen-bond acceptors (Lipinski definition) is 3. The summed E-state index contributed by atoms with van der Waals surface area (Å²) in [5, 5.41) is 14.1. The van der Waals surface area contributed by atoms with Gasteiger partial charge >= 0.3 is 0 Å². The lowest BCUT2D eigenvalue weighted by atomic mass is 10.1. The van der Waals surface area contributed by atoms with Crippen molar-refractivity contribution in [2.75, 3.05) is 18.4 Å². The van der Waals surface area contributed by atoms with Crippen molar-refractivity contribution in [1.29, 1.82) is 5.26 Å². The average Bonchev–Trinajstić information content (AvgIpc) is 2.37. The zero-order valence-electron chi connectivity index (χ0n) is 10.3. The van der Waals surface area contributed by atoms with E-state index in [1.54, 1.807) is 0 Å². The third-order valence-corrected chi connectivity index (χ3v) is 2.94. The minimum atomic E-state index is -0.102. The number of nitrogens with zero attached hydrogens (tertiary/aromatic N) is 1. The molecule has 1 amide bonds. The van der Waals surface area contributed by atoms with Gasteiger partial charge in [0, 0.05) is 16.7 Å². The summed E-state index contributed by atoms with van der Waals surface area (Å²) in [5.41, 5.74) is 2.13. The molecule has 4 nitrogen and oxygen atoms in total. The fourth-order valence-corrected chi connectivity index (χ4v) is 1.93. The molecule has 0 radical (unpaired) electrons. The SMILES string of the molecule is CCc1cc(Br)ccc1NCC(=O)NCCC#N. The Labute approximate surface area is 116 Å². The fraction of sp³-hybridized carbons (Fsp3) is 0.385. The molecule has 0 aliphatic carbocycles. The van der Waals surface area contributed by atoms with E-state index in [-0.39, 0.29) is 12.5 Å². The molecule has 0 saturated carbocycles. The molecule has 0 fully saturated rings. The minimum absolute atomic E-state index is 0.102. The van der Waals surface area contributed by atoms with E-state index in [1.807, 2.05) is 24.3 Å². The van der Waals surface area contributed by atoms with Gasteiger partial charge in [-0.15, -0.1) is 0 Å². The number of hydrogen-bond donors (Lipinski definition) is 2. The van der Waals surface area contributed by atoms with Gasteiger partial charge in [-0.3, -0.25) is 4.79 Å². The Morgan fingerprint density at radius 3 is 2.94 bits per heavy atom. The van der Waals surface area contributed by atoms with Gasteiger partial charge in [-0.05, 0) is 30.2 Å². The maximum atomic E-state index is 11.5. The van der Waals surface area contributed by atoms with E-state index in [1.165, 1.54) is 0 Å². The first-order valence-corrected chi connectivity index (χ1v) is 6.62. The molecule has 1 rings (SSSR count). The van der Waals surface area contributed by atoms with Crippen LogP contribution in [0.3, 0.4) is 0 Å². The fourth-order valence-electron chi connectivity index (χ4n) is 1.52. The van der Waals surface area contributed by atoms with Gasteiger partial charge in [0.05, 0.1) is 19.0 Å². The molecule has 0 aliphatic heterocycles. The topological polar surface area (TPSA) is 64.9 Å². The summed E-state index contributed by atoms with van der Waals surface area (Å²) in [6, 6.07) is 7.91. The van der Waals surface area contributed by atoms with Crippen molar-refractivity contribution in [3.63, 3.8) is 0 Å². The van der Waals surface area contributed by atoms with Crippen LogP contribution in [0.2, 0.25) is 0 Å². The molecule has 0 aromatic heterocycles. The maximum Gasteiger partial charge on any atom is 0.239 e. The maximum absolute atomic E-state index is 11.5. The Morgan fingerprint density at radius 1 is 1.50 bits per heavy atom. The zero-order valence-corrected chi connectivity index (χ0v) is 11.9. The second-order valence-corrected chi connectivity index (χ2v) is 4.68. The number of nitriles is 1. The van der Waals surface area contributed by atoms with Gasteiger partial charge in [-0.25, -0.2) is 0 Å². The van der Waals surface area contributed by atoms with Crippen LogP contribution in [0.15, 0.2) is 22.7 Å². The molecule has 96 valence electrons. The number of carbonyl (C=O) groups is 1. The molecule has 0 bridgehead atoms. The summed E-state index contributed by atoms with van der Waals surface area (Å²) >= 11 is 3.42. The highest BCUT2D eigenvalue weighted by atomic mass is 79.9. The van der Waals surface area contributed by atoms with Crippen molar-refractivity contribution >= 4 is 27.5 Å². The summed E-state index contributed by atoms with van der Waals surface area (Å²) in [4.78, 5) is 11.5.